The van der Waals surface area contributed by atoms with Crippen LogP contribution >= 0.6 is 0 Å². The molecule has 0 aliphatic carbocycles. The standard InChI is InChI=1S/C22H26O6/c1-22(2,3)28-20(24)15-26-18-11-9-16(10-12-18)13-19(23)21(25)27-14-17-7-5-4-6-8-17/h4-12,19,23H,13-15H2,1-3H3. The molecule has 0 aliphatic heterocycles. The summed E-state index contributed by atoms with van der Waals surface area (Å²) in [7, 11) is 0. The Morgan fingerprint density at radius 2 is 1.61 bits per heavy atom. The summed E-state index contributed by atoms with van der Waals surface area (Å²) in [5, 5.41) is 10.0. The average Bonchev–Trinajstić information content (AvgIpc) is 2.65. The van der Waals surface area contributed by atoms with Gasteiger partial charge >= 0.3 is 11.9 Å². The lowest BCUT2D eigenvalue weighted by Crippen LogP contribution is -2.27. The highest BCUT2D eigenvalue weighted by Crippen LogP contribution is 2.15. The van der Waals surface area contributed by atoms with Gasteiger partial charge < -0.3 is 19.3 Å². The molecule has 1 unspecified atom stereocenters. The molecule has 6 heteroatoms. The summed E-state index contributed by atoms with van der Waals surface area (Å²) in [6.45, 7) is 5.29. The number of ether oxygens (including phenoxy) is 3. The van der Waals surface area contributed by atoms with Crippen molar-refractivity contribution in [3.8, 4) is 5.75 Å². The summed E-state index contributed by atoms with van der Waals surface area (Å²) < 4.78 is 15.7. The maximum absolute atomic E-state index is 11.9. The fourth-order valence-electron chi connectivity index (χ4n) is 2.37. The summed E-state index contributed by atoms with van der Waals surface area (Å²) >= 11 is 0. The predicted molar refractivity (Wildman–Crippen MR) is 104 cm³/mol. The molecule has 0 radical (unpaired) electrons. The quantitative estimate of drug-likeness (QED) is 0.702. The summed E-state index contributed by atoms with van der Waals surface area (Å²) in [6, 6.07) is 16.0. The third kappa shape index (κ3) is 7.80. The highest BCUT2D eigenvalue weighted by Gasteiger charge is 2.18. The summed E-state index contributed by atoms with van der Waals surface area (Å²) in [4.78, 5) is 23.6. The Morgan fingerprint density at radius 3 is 2.21 bits per heavy atom. The zero-order valence-electron chi connectivity index (χ0n) is 16.4. The van der Waals surface area contributed by atoms with E-state index >= 15 is 0 Å². The van der Waals surface area contributed by atoms with Crippen LogP contribution < -0.4 is 4.74 Å². The molecule has 0 saturated heterocycles. The van der Waals surface area contributed by atoms with Crippen molar-refractivity contribution in [3.05, 3.63) is 65.7 Å². The summed E-state index contributed by atoms with van der Waals surface area (Å²) in [5.41, 5.74) is 1.04. The first-order valence-electron chi connectivity index (χ1n) is 9.05. The number of aliphatic hydroxyl groups excluding tert-OH is 1. The van der Waals surface area contributed by atoms with Gasteiger partial charge in [-0.1, -0.05) is 42.5 Å². The molecule has 2 rings (SSSR count). The van der Waals surface area contributed by atoms with Crippen LogP contribution in [0.4, 0.5) is 0 Å². The van der Waals surface area contributed by atoms with Gasteiger partial charge in [-0.05, 0) is 44.0 Å². The molecule has 0 spiro atoms. The topological polar surface area (TPSA) is 82.1 Å². The smallest absolute Gasteiger partial charge is 0.344 e. The Kier molecular flexibility index (Phi) is 7.58. The van der Waals surface area contributed by atoms with Gasteiger partial charge in [-0.25, -0.2) is 9.59 Å². The predicted octanol–water partition coefficient (Wildman–Crippen LogP) is 3.05. The molecule has 1 N–H and O–H groups in total. The maximum atomic E-state index is 11.9. The maximum Gasteiger partial charge on any atom is 0.344 e. The van der Waals surface area contributed by atoms with Crippen LogP contribution in [-0.4, -0.2) is 35.4 Å². The minimum Gasteiger partial charge on any atom is -0.482 e. The van der Waals surface area contributed by atoms with E-state index in [1.54, 1.807) is 45.0 Å². The van der Waals surface area contributed by atoms with Gasteiger partial charge in [-0.15, -0.1) is 0 Å². The van der Waals surface area contributed by atoms with E-state index in [1.165, 1.54) is 0 Å². The van der Waals surface area contributed by atoms with Gasteiger partial charge in [-0.3, -0.25) is 0 Å². The Labute approximate surface area is 165 Å². The van der Waals surface area contributed by atoms with Crippen LogP contribution in [0, 0.1) is 0 Å². The van der Waals surface area contributed by atoms with E-state index in [-0.39, 0.29) is 19.6 Å². The minimum atomic E-state index is -1.25. The lowest BCUT2D eigenvalue weighted by molar-refractivity contribution is -0.157. The fraction of sp³-hybridized carbons (Fsp3) is 0.364. The molecule has 2 aromatic rings. The minimum absolute atomic E-state index is 0.119. The van der Waals surface area contributed by atoms with Crippen molar-refractivity contribution in [1.82, 2.24) is 0 Å². The largest absolute Gasteiger partial charge is 0.482 e. The lowest BCUT2D eigenvalue weighted by atomic mass is 10.1. The molecule has 2 aromatic carbocycles. The van der Waals surface area contributed by atoms with Crippen LogP contribution in [0.15, 0.2) is 54.6 Å². The SMILES string of the molecule is CC(C)(C)OC(=O)COc1ccc(CC(O)C(=O)OCc2ccccc2)cc1. The van der Waals surface area contributed by atoms with Crippen LogP contribution in [0.1, 0.15) is 31.9 Å². The Bertz CT molecular complexity index is 762. The lowest BCUT2D eigenvalue weighted by Gasteiger charge is -2.19. The highest BCUT2D eigenvalue weighted by molar-refractivity contribution is 5.74. The highest BCUT2D eigenvalue weighted by atomic mass is 16.6. The normalized spacial score (nSPS) is 12.1. The zero-order valence-corrected chi connectivity index (χ0v) is 16.4. The number of aliphatic hydroxyl groups is 1. The average molecular weight is 386 g/mol. The summed E-state index contributed by atoms with van der Waals surface area (Å²) in [6.07, 6.45) is -1.13. The molecule has 28 heavy (non-hydrogen) atoms. The number of benzene rings is 2. The first-order chi connectivity index (χ1) is 13.2. The second kappa shape index (κ2) is 9.90. The van der Waals surface area contributed by atoms with E-state index in [0.717, 1.165) is 11.1 Å². The Hall–Kier alpha value is -2.86. The second-order valence-electron chi connectivity index (χ2n) is 7.33. The van der Waals surface area contributed by atoms with Crippen molar-refractivity contribution in [2.45, 2.75) is 45.5 Å². The van der Waals surface area contributed by atoms with E-state index in [9.17, 15) is 14.7 Å². The van der Waals surface area contributed by atoms with Crippen LogP contribution in [0.2, 0.25) is 0 Å². The number of carbonyl (C=O) groups excluding carboxylic acids is 2. The molecule has 0 amide bonds. The molecule has 1 atom stereocenters. The van der Waals surface area contributed by atoms with E-state index < -0.39 is 23.6 Å². The van der Waals surface area contributed by atoms with Crippen molar-refractivity contribution in [1.29, 1.82) is 0 Å². The van der Waals surface area contributed by atoms with E-state index in [1.807, 2.05) is 30.3 Å². The van der Waals surface area contributed by atoms with Crippen molar-refractivity contribution in [2.75, 3.05) is 6.61 Å². The monoisotopic (exact) mass is 386 g/mol. The summed E-state index contributed by atoms with van der Waals surface area (Å²) in [5.74, 6) is -0.627. The van der Waals surface area contributed by atoms with Gasteiger partial charge in [0.15, 0.2) is 12.7 Å². The second-order valence-corrected chi connectivity index (χ2v) is 7.33. The molecule has 150 valence electrons. The molecule has 0 heterocycles. The molecular formula is C22H26O6. The van der Waals surface area contributed by atoms with Gasteiger partial charge in [0.2, 0.25) is 0 Å². The van der Waals surface area contributed by atoms with Crippen molar-refractivity contribution >= 4 is 11.9 Å². The van der Waals surface area contributed by atoms with Gasteiger partial charge in [0.25, 0.3) is 0 Å². The first-order valence-corrected chi connectivity index (χ1v) is 9.05. The van der Waals surface area contributed by atoms with E-state index in [4.69, 9.17) is 14.2 Å². The number of rotatable bonds is 8. The third-order valence-electron chi connectivity index (χ3n) is 3.63. The van der Waals surface area contributed by atoms with Crippen LogP contribution in [0.25, 0.3) is 0 Å². The number of hydrogen-bond acceptors (Lipinski definition) is 6. The number of carbonyl (C=O) groups is 2. The van der Waals surface area contributed by atoms with Crippen molar-refractivity contribution in [2.24, 2.45) is 0 Å². The molecule has 0 aliphatic rings. The van der Waals surface area contributed by atoms with Gasteiger partial charge in [0.1, 0.15) is 18.0 Å². The Morgan fingerprint density at radius 1 is 0.964 bits per heavy atom. The van der Waals surface area contributed by atoms with Gasteiger partial charge in [-0.2, -0.15) is 0 Å². The van der Waals surface area contributed by atoms with E-state index in [2.05, 4.69) is 0 Å². The molecule has 0 fully saturated rings. The van der Waals surface area contributed by atoms with Crippen LogP contribution in [-0.2, 0) is 32.1 Å². The fourth-order valence-corrected chi connectivity index (χ4v) is 2.37. The molecule has 0 bridgehead atoms. The number of hydrogen-bond donors (Lipinski definition) is 1. The molecular weight excluding hydrogens is 360 g/mol. The molecule has 0 aromatic heterocycles. The van der Waals surface area contributed by atoms with Crippen molar-refractivity contribution < 1.29 is 28.9 Å². The molecule has 0 saturated carbocycles. The van der Waals surface area contributed by atoms with Crippen LogP contribution in [0.3, 0.4) is 0 Å². The van der Waals surface area contributed by atoms with Crippen LogP contribution in [0.5, 0.6) is 5.75 Å². The van der Waals surface area contributed by atoms with Gasteiger partial charge in [0, 0.05) is 6.42 Å². The van der Waals surface area contributed by atoms with Gasteiger partial charge in [0.05, 0.1) is 0 Å². The Balaban J connectivity index is 1.77. The third-order valence-corrected chi connectivity index (χ3v) is 3.63. The van der Waals surface area contributed by atoms with E-state index in [0.29, 0.717) is 5.75 Å². The zero-order chi connectivity index (χ0) is 20.6. The molecule has 6 nitrogen and oxygen atoms in total. The van der Waals surface area contributed by atoms with Crippen molar-refractivity contribution in [3.63, 3.8) is 0 Å². The first kappa shape index (κ1) is 21.4. The number of esters is 2.